The van der Waals surface area contributed by atoms with Gasteiger partial charge in [0.15, 0.2) is 0 Å². The highest BCUT2D eigenvalue weighted by molar-refractivity contribution is 5.02. The van der Waals surface area contributed by atoms with E-state index in [1.807, 2.05) is 12.4 Å². The summed E-state index contributed by atoms with van der Waals surface area (Å²) in [6, 6.07) is 0.405. The lowest BCUT2D eigenvalue weighted by Crippen LogP contribution is -2.34. The molecule has 0 fully saturated rings. The highest BCUT2D eigenvalue weighted by Gasteiger charge is 2.17. The van der Waals surface area contributed by atoms with Gasteiger partial charge in [0.05, 0.1) is 6.61 Å². The molecule has 0 aliphatic carbocycles. The van der Waals surface area contributed by atoms with Crippen LogP contribution >= 0.6 is 0 Å². The standard InChI is InChI=1S/C12H23N3O/c1-5-15-8-6-14-12(15)10(2)11(3)13-7-9-16-4/h6,8,10-11,13H,5,7,9H2,1-4H3. The minimum atomic E-state index is 0.405. The molecule has 4 heteroatoms. The Morgan fingerprint density at radius 3 is 2.88 bits per heavy atom. The first-order chi connectivity index (χ1) is 7.70. The van der Waals surface area contributed by atoms with Crippen LogP contribution in [-0.4, -0.2) is 35.9 Å². The maximum atomic E-state index is 5.02. The number of hydrogen-bond acceptors (Lipinski definition) is 3. The van der Waals surface area contributed by atoms with Gasteiger partial charge in [0.2, 0.25) is 0 Å². The minimum absolute atomic E-state index is 0.405. The molecular weight excluding hydrogens is 202 g/mol. The zero-order valence-corrected chi connectivity index (χ0v) is 10.7. The third kappa shape index (κ3) is 3.32. The maximum absolute atomic E-state index is 5.02. The number of hydrogen-bond donors (Lipinski definition) is 1. The average Bonchev–Trinajstić information content (AvgIpc) is 2.76. The molecular formula is C12H23N3O. The van der Waals surface area contributed by atoms with Crippen molar-refractivity contribution in [3.63, 3.8) is 0 Å². The predicted molar refractivity (Wildman–Crippen MR) is 65.7 cm³/mol. The summed E-state index contributed by atoms with van der Waals surface area (Å²) in [4.78, 5) is 4.43. The van der Waals surface area contributed by atoms with E-state index in [9.17, 15) is 0 Å². The van der Waals surface area contributed by atoms with Crippen LogP contribution in [0.4, 0.5) is 0 Å². The van der Waals surface area contributed by atoms with Crippen molar-refractivity contribution in [3.05, 3.63) is 18.2 Å². The van der Waals surface area contributed by atoms with E-state index in [1.54, 1.807) is 7.11 Å². The third-order valence-corrected chi connectivity index (χ3v) is 3.02. The Morgan fingerprint density at radius 2 is 2.25 bits per heavy atom. The zero-order valence-electron chi connectivity index (χ0n) is 10.7. The number of nitrogens with one attached hydrogen (secondary N) is 1. The molecule has 0 aromatic carbocycles. The van der Waals surface area contributed by atoms with Crippen molar-refractivity contribution in [2.24, 2.45) is 0 Å². The first-order valence-electron chi connectivity index (χ1n) is 5.94. The van der Waals surface area contributed by atoms with Gasteiger partial charge in [-0.1, -0.05) is 6.92 Å². The van der Waals surface area contributed by atoms with Gasteiger partial charge >= 0.3 is 0 Å². The molecule has 16 heavy (non-hydrogen) atoms. The molecule has 0 saturated carbocycles. The molecule has 1 rings (SSSR count). The van der Waals surface area contributed by atoms with Gasteiger partial charge in [-0.25, -0.2) is 4.98 Å². The molecule has 0 amide bonds. The van der Waals surface area contributed by atoms with Gasteiger partial charge in [0, 0.05) is 44.6 Å². The zero-order chi connectivity index (χ0) is 12.0. The number of aryl methyl sites for hydroxylation is 1. The first kappa shape index (κ1) is 13.2. The van der Waals surface area contributed by atoms with Gasteiger partial charge in [-0.2, -0.15) is 0 Å². The van der Waals surface area contributed by atoms with Crippen LogP contribution in [0.1, 0.15) is 32.5 Å². The fourth-order valence-electron chi connectivity index (χ4n) is 1.78. The van der Waals surface area contributed by atoms with E-state index in [0.717, 1.165) is 25.5 Å². The van der Waals surface area contributed by atoms with Crippen molar-refractivity contribution < 1.29 is 4.74 Å². The van der Waals surface area contributed by atoms with E-state index in [4.69, 9.17) is 4.74 Å². The van der Waals surface area contributed by atoms with Gasteiger partial charge in [-0.15, -0.1) is 0 Å². The number of ether oxygens (including phenoxy) is 1. The monoisotopic (exact) mass is 225 g/mol. The van der Waals surface area contributed by atoms with Crippen LogP contribution in [0.5, 0.6) is 0 Å². The minimum Gasteiger partial charge on any atom is -0.383 e. The third-order valence-electron chi connectivity index (χ3n) is 3.02. The normalized spacial score (nSPS) is 15.0. The molecule has 0 saturated heterocycles. The number of methoxy groups -OCH3 is 1. The van der Waals surface area contributed by atoms with Crippen molar-refractivity contribution in [1.82, 2.24) is 14.9 Å². The largest absolute Gasteiger partial charge is 0.383 e. The van der Waals surface area contributed by atoms with Crippen LogP contribution in [-0.2, 0) is 11.3 Å². The molecule has 2 unspecified atom stereocenters. The topological polar surface area (TPSA) is 39.1 Å². The molecule has 0 aliphatic heterocycles. The summed E-state index contributed by atoms with van der Waals surface area (Å²) in [7, 11) is 1.72. The number of rotatable bonds is 7. The van der Waals surface area contributed by atoms with E-state index in [1.165, 1.54) is 0 Å². The van der Waals surface area contributed by atoms with E-state index >= 15 is 0 Å². The van der Waals surface area contributed by atoms with E-state index in [0.29, 0.717) is 12.0 Å². The summed E-state index contributed by atoms with van der Waals surface area (Å²) in [5, 5.41) is 3.44. The summed E-state index contributed by atoms with van der Waals surface area (Å²) in [6.07, 6.45) is 3.91. The fraction of sp³-hybridized carbons (Fsp3) is 0.750. The Morgan fingerprint density at radius 1 is 1.50 bits per heavy atom. The van der Waals surface area contributed by atoms with Crippen LogP contribution < -0.4 is 5.32 Å². The molecule has 4 nitrogen and oxygen atoms in total. The SMILES string of the molecule is CCn1ccnc1C(C)C(C)NCCOC. The van der Waals surface area contributed by atoms with Crippen molar-refractivity contribution >= 4 is 0 Å². The van der Waals surface area contributed by atoms with Gasteiger partial charge in [-0.05, 0) is 13.8 Å². The highest BCUT2D eigenvalue weighted by Crippen LogP contribution is 2.17. The van der Waals surface area contributed by atoms with E-state index in [2.05, 4.69) is 35.6 Å². The van der Waals surface area contributed by atoms with Crippen LogP contribution in [0.2, 0.25) is 0 Å². The summed E-state index contributed by atoms with van der Waals surface area (Å²) in [6.45, 7) is 9.15. The Hall–Kier alpha value is -0.870. The van der Waals surface area contributed by atoms with Crippen LogP contribution in [0, 0.1) is 0 Å². The Bertz CT molecular complexity index is 298. The second-order valence-corrected chi connectivity index (χ2v) is 4.10. The van der Waals surface area contributed by atoms with Gasteiger partial charge < -0.3 is 14.6 Å². The summed E-state index contributed by atoms with van der Waals surface area (Å²) >= 11 is 0. The molecule has 1 N–H and O–H groups in total. The molecule has 1 aromatic heterocycles. The Balaban J connectivity index is 2.52. The second kappa shape index (κ2) is 6.66. The lowest BCUT2D eigenvalue weighted by molar-refractivity contribution is 0.194. The first-order valence-corrected chi connectivity index (χ1v) is 5.94. The average molecular weight is 225 g/mol. The van der Waals surface area contributed by atoms with E-state index < -0.39 is 0 Å². The summed E-state index contributed by atoms with van der Waals surface area (Å²) in [5.74, 6) is 1.56. The van der Waals surface area contributed by atoms with Gasteiger partial charge in [0.1, 0.15) is 5.82 Å². The predicted octanol–water partition coefficient (Wildman–Crippen LogP) is 1.63. The lowest BCUT2D eigenvalue weighted by atomic mass is 10.0. The Kier molecular flexibility index (Phi) is 5.49. The highest BCUT2D eigenvalue weighted by atomic mass is 16.5. The molecule has 2 atom stereocenters. The summed E-state index contributed by atoms with van der Waals surface area (Å²) in [5.41, 5.74) is 0. The molecule has 0 aliphatic rings. The summed E-state index contributed by atoms with van der Waals surface area (Å²) < 4.78 is 7.22. The van der Waals surface area contributed by atoms with Crippen molar-refractivity contribution in [1.29, 1.82) is 0 Å². The molecule has 0 spiro atoms. The molecule has 1 aromatic rings. The van der Waals surface area contributed by atoms with Crippen LogP contribution in [0.25, 0.3) is 0 Å². The molecule has 0 radical (unpaired) electrons. The number of imidazole rings is 1. The molecule has 92 valence electrons. The Labute approximate surface area is 98.0 Å². The smallest absolute Gasteiger partial charge is 0.113 e. The van der Waals surface area contributed by atoms with E-state index in [-0.39, 0.29) is 0 Å². The fourth-order valence-corrected chi connectivity index (χ4v) is 1.78. The quantitative estimate of drug-likeness (QED) is 0.717. The van der Waals surface area contributed by atoms with Gasteiger partial charge in [-0.3, -0.25) is 0 Å². The van der Waals surface area contributed by atoms with Gasteiger partial charge in [0.25, 0.3) is 0 Å². The van der Waals surface area contributed by atoms with Crippen LogP contribution in [0.15, 0.2) is 12.4 Å². The lowest BCUT2D eigenvalue weighted by Gasteiger charge is -2.21. The number of aromatic nitrogens is 2. The van der Waals surface area contributed by atoms with Crippen molar-refractivity contribution in [3.8, 4) is 0 Å². The van der Waals surface area contributed by atoms with Crippen molar-refractivity contribution in [2.75, 3.05) is 20.3 Å². The molecule has 0 bridgehead atoms. The second-order valence-electron chi connectivity index (χ2n) is 4.10. The molecule has 1 heterocycles. The van der Waals surface area contributed by atoms with Crippen molar-refractivity contribution in [2.45, 2.75) is 39.3 Å². The maximum Gasteiger partial charge on any atom is 0.113 e. The number of nitrogens with zero attached hydrogens (tertiary/aromatic N) is 2. The van der Waals surface area contributed by atoms with Crippen LogP contribution in [0.3, 0.4) is 0 Å².